The monoisotopic (exact) mass is 238 g/mol. The maximum absolute atomic E-state index is 11.5. The first-order valence-corrected chi connectivity index (χ1v) is 6.78. The van der Waals surface area contributed by atoms with Gasteiger partial charge in [0.2, 0.25) is 0 Å². The minimum absolute atomic E-state index is 0.125. The summed E-state index contributed by atoms with van der Waals surface area (Å²) >= 11 is 0. The molecule has 2 heterocycles. The Kier molecular flexibility index (Phi) is 2.96. The van der Waals surface area contributed by atoms with E-state index in [1.807, 2.05) is 4.90 Å². The second-order valence-electron chi connectivity index (χ2n) is 5.60. The fraction of sp³-hybridized carbons (Fsp3) is 0.917. The lowest BCUT2D eigenvalue weighted by Crippen LogP contribution is -2.55. The van der Waals surface area contributed by atoms with Gasteiger partial charge in [-0.25, -0.2) is 4.79 Å². The van der Waals surface area contributed by atoms with Crippen molar-refractivity contribution in [1.29, 1.82) is 0 Å². The van der Waals surface area contributed by atoms with Crippen LogP contribution in [0.5, 0.6) is 0 Å². The van der Waals surface area contributed by atoms with Crippen LogP contribution in [0, 0.1) is 0 Å². The Morgan fingerprint density at radius 3 is 2.65 bits per heavy atom. The lowest BCUT2D eigenvalue weighted by Gasteiger charge is -2.42. The molecule has 1 saturated carbocycles. The first kappa shape index (κ1) is 11.3. The van der Waals surface area contributed by atoms with E-state index >= 15 is 0 Å². The van der Waals surface area contributed by atoms with Crippen LogP contribution >= 0.6 is 0 Å². The molecule has 3 aliphatic rings. The van der Waals surface area contributed by atoms with Crippen LogP contribution < -0.4 is 11.1 Å². The largest absolute Gasteiger partial charge is 0.336 e. The molecule has 1 aliphatic carbocycles. The molecule has 2 aliphatic heterocycles. The van der Waals surface area contributed by atoms with Crippen LogP contribution in [0.4, 0.5) is 4.79 Å². The van der Waals surface area contributed by atoms with Crippen LogP contribution in [0.3, 0.4) is 0 Å². The number of rotatable bonds is 1. The van der Waals surface area contributed by atoms with Crippen LogP contribution in [-0.2, 0) is 0 Å². The highest BCUT2D eigenvalue weighted by molar-refractivity contribution is 5.77. The van der Waals surface area contributed by atoms with E-state index in [4.69, 9.17) is 5.73 Å². The SMILES string of the molecule is NC1CCC(N2CCN3C(=O)NCC3C2)CC1. The zero-order chi connectivity index (χ0) is 11.8. The molecular formula is C12H22N4O. The van der Waals surface area contributed by atoms with E-state index in [2.05, 4.69) is 10.2 Å². The number of carbonyl (C=O) groups excluding carboxylic acids is 1. The number of urea groups is 1. The van der Waals surface area contributed by atoms with Crippen molar-refractivity contribution in [2.45, 2.75) is 43.8 Å². The fourth-order valence-corrected chi connectivity index (χ4v) is 3.43. The smallest absolute Gasteiger partial charge is 0.317 e. The summed E-state index contributed by atoms with van der Waals surface area (Å²) in [6.07, 6.45) is 4.78. The Morgan fingerprint density at radius 1 is 1.12 bits per heavy atom. The second-order valence-corrected chi connectivity index (χ2v) is 5.60. The predicted molar refractivity (Wildman–Crippen MR) is 65.7 cm³/mol. The molecule has 2 saturated heterocycles. The summed E-state index contributed by atoms with van der Waals surface area (Å²) in [4.78, 5) is 16.1. The Labute approximate surface area is 102 Å². The molecule has 3 rings (SSSR count). The molecule has 0 aromatic rings. The topological polar surface area (TPSA) is 61.6 Å². The van der Waals surface area contributed by atoms with E-state index in [1.54, 1.807) is 0 Å². The number of nitrogens with one attached hydrogen (secondary N) is 1. The average Bonchev–Trinajstić information content (AvgIpc) is 2.72. The van der Waals surface area contributed by atoms with Gasteiger partial charge in [0, 0.05) is 38.3 Å². The van der Waals surface area contributed by atoms with Crippen LogP contribution in [0.2, 0.25) is 0 Å². The number of hydrogen-bond donors (Lipinski definition) is 2. The lowest BCUT2D eigenvalue weighted by atomic mass is 9.90. The van der Waals surface area contributed by atoms with Gasteiger partial charge < -0.3 is 16.0 Å². The molecular weight excluding hydrogens is 216 g/mol. The first-order chi connectivity index (χ1) is 8.24. The van der Waals surface area contributed by atoms with E-state index in [1.165, 1.54) is 12.8 Å². The van der Waals surface area contributed by atoms with Crippen LogP contribution in [0.15, 0.2) is 0 Å². The summed E-state index contributed by atoms with van der Waals surface area (Å²) in [5, 5.41) is 2.93. The average molecular weight is 238 g/mol. The van der Waals surface area contributed by atoms with Gasteiger partial charge in [-0.1, -0.05) is 0 Å². The second kappa shape index (κ2) is 4.46. The van der Waals surface area contributed by atoms with Gasteiger partial charge in [-0.05, 0) is 25.7 Å². The van der Waals surface area contributed by atoms with Crippen molar-refractivity contribution in [2.24, 2.45) is 5.73 Å². The summed E-state index contributed by atoms with van der Waals surface area (Å²) < 4.78 is 0. The number of fused-ring (bicyclic) bond motifs is 1. The van der Waals surface area contributed by atoms with Crippen molar-refractivity contribution in [3.63, 3.8) is 0 Å². The molecule has 2 amide bonds. The van der Waals surface area contributed by atoms with Gasteiger partial charge in [-0.2, -0.15) is 0 Å². The van der Waals surface area contributed by atoms with Gasteiger partial charge in [0.25, 0.3) is 0 Å². The van der Waals surface area contributed by atoms with Crippen molar-refractivity contribution in [3.05, 3.63) is 0 Å². The van der Waals surface area contributed by atoms with Crippen molar-refractivity contribution >= 4 is 6.03 Å². The van der Waals surface area contributed by atoms with Crippen LogP contribution in [0.1, 0.15) is 25.7 Å². The summed E-state index contributed by atoms with van der Waals surface area (Å²) in [6, 6.07) is 1.64. The molecule has 3 fully saturated rings. The van der Waals surface area contributed by atoms with Gasteiger partial charge in [-0.3, -0.25) is 4.90 Å². The molecule has 5 heteroatoms. The number of piperazine rings is 1. The molecule has 0 radical (unpaired) electrons. The van der Waals surface area contributed by atoms with E-state index in [0.717, 1.165) is 39.0 Å². The molecule has 1 unspecified atom stereocenters. The quantitative estimate of drug-likeness (QED) is 0.674. The van der Waals surface area contributed by atoms with Crippen LogP contribution in [0.25, 0.3) is 0 Å². The van der Waals surface area contributed by atoms with Crippen molar-refractivity contribution in [2.75, 3.05) is 26.2 Å². The minimum atomic E-state index is 0.125. The molecule has 96 valence electrons. The van der Waals surface area contributed by atoms with E-state index in [9.17, 15) is 4.79 Å². The van der Waals surface area contributed by atoms with Crippen LogP contribution in [-0.4, -0.2) is 60.1 Å². The molecule has 3 N–H and O–H groups in total. The number of carbonyl (C=O) groups is 1. The fourth-order valence-electron chi connectivity index (χ4n) is 3.43. The lowest BCUT2D eigenvalue weighted by molar-refractivity contribution is 0.0700. The highest BCUT2D eigenvalue weighted by atomic mass is 16.2. The zero-order valence-electron chi connectivity index (χ0n) is 10.3. The molecule has 17 heavy (non-hydrogen) atoms. The van der Waals surface area contributed by atoms with E-state index in [-0.39, 0.29) is 6.03 Å². The van der Waals surface area contributed by atoms with Gasteiger partial charge in [0.15, 0.2) is 0 Å². The number of nitrogens with zero attached hydrogens (tertiary/aromatic N) is 2. The molecule has 0 aromatic heterocycles. The maximum atomic E-state index is 11.5. The third-order valence-corrected chi connectivity index (χ3v) is 4.52. The number of amides is 2. The molecule has 1 atom stereocenters. The van der Waals surface area contributed by atoms with Gasteiger partial charge in [0.1, 0.15) is 0 Å². The zero-order valence-corrected chi connectivity index (χ0v) is 10.3. The normalized spacial score (nSPS) is 39.0. The van der Waals surface area contributed by atoms with Gasteiger partial charge in [-0.15, -0.1) is 0 Å². The molecule has 0 bridgehead atoms. The molecule has 0 spiro atoms. The Balaban J connectivity index is 1.58. The summed E-state index contributed by atoms with van der Waals surface area (Å²) in [6.45, 7) is 3.78. The van der Waals surface area contributed by atoms with Gasteiger partial charge in [0.05, 0.1) is 6.04 Å². The highest BCUT2D eigenvalue weighted by Crippen LogP contribution is 2.25. The third kappa shape index (κ3) is 2.13. The first-order valence-electron chi connectivity index (χ1n) is 6.78. The summed E-state index contributed by atoms with van der Waals surface area (Å²) in [5.41, 5.74) is 5.95. The minimum Gasteiger partial charge on any atom is -0.336 e. The standard InChI is InChI=1S/C12H22N4O/c13-9-1-3-10(4-2-9)15-5-6-16-11(8-15)7-14-12(16)17/h9-11H,1-8,13H2,(H,14,17). The predicted octanol–water partition coefficient (Wildman–Crippen LogP) is -0.0343. The molecule has 5 nitrogen and oxygen atoms in total. The number of nitrogens with two attached hydrogens (primary N) is 1. The Hall–Kier alpha value is -0.810. The van der Waals surface area contributed by atoms with E-state index < -0.39 is 0 Å². The number of hydrogen-bond acceptors (Lipinski definition) is 3. The molecule has 0 aromatic carbocycles. The van der Waals surface area contributed by atoms with E-state index in [0.29, 0.717) is 18.1 Å². The maximum Gasteiger partial charge on any atom is 0.317 e. The highest BCUT2D eigenvalue weighted by Gasteiger charge is 2.37. The summed E-state index contributed by atoms with van der Waals surface area (Å²) in [5.74, 6) is 0. The van der Waals surface area contributed by atoms with Crippen molar-refractivity contribution in [3.8, 4) is 0 Å². The Morgan fingerprint density at radius 2 is 1.88 bits per heavy atom. The van der Waals surface area contributed by atoms with Crippen molar-refractivity contribution in [1.82, 2.24) is 15.1 Å². The Bertz CT molecular complexity index is 301. The third-order valence-electron chi connectivity index (χ3n) is 4.52. The van der Waals surface area contributed by atoms with Crippen molar-refractivity contribution < 1.29 is 4.79 Å². The van der Waals surface area contributed by atoms with Gasteiger partial charge >= 0.3 is 6.03 Å². The summed E-state index contributed by atoms with van der Waals surface area (Å²) in [7, 11) is 0.